The van der Waals surface area contributed by atoms with E-state index in [4.69, 9.17) is 5.26 Å². The standard InChI is InChI=1S/C9H18N2S/c1-4-5-6-12-8-9(2,7-10)11-3/h11H,4-6,8H2,1-3H3. The molecule has 3 heteroatoms. The molecule has 0 heterocycles. The Kier molecular flexibility index (Phi) is 6.23. The number of nitrogens with one attached hydrogen (secondary N) is 1. The third-order valence-corrected chi connectivity index (χ3v) is 3.19. The van der Waals surface area contributed by atoms with Crippen LogP contribution in [0.4, 0.5) is 0 Å². The summed E-state index contributed by atoms with van der Waals surface area (Å²) in [5.41, 5.74) is -0.349. The van der Waals surface area contributed by atoms with Gasteiger partial charge in [0, 0.05) is 5.75 Å². The first-order valence-corrected chi connectivity index (χ1v) is 5.52. The molecule has 0 aliphatic carbocycles. The molecule has 0 aliphatic rings. The minimum Gasteiger partial charge on any atom is -0.302 e. The molecular weight excluding hydrogens is 168 g/mol. The fraction of sp³-hybridized carbons (Fsp3) is 0.889. The molecule has 1 atom stereocenters. The highest BCUT2D eigenvalue weighted by molar-refractivity contribution is 7.99. The Hall–Kier alpha value is -0.200. The zero-order chi connectivity index (χ0) is 9.45. The maximum atomic E-state index is 8.82. The SMILES string of the molecule is CCCCSCC(C)(C#N)NC. The monoisotopic (exact) mass is 186 g/mol. The van der Waals surface area contributed by atoms with E-state index in [1.54, 1.807) is 0 Å². The molecule has 0 saturated heterocycles. The van der Waals surface area contributed by atoms with Crippen LogP contribution in [0.5, 0.6) is 0 Å². The summed E-state index contributed by atoms with van der Waals surface area (Å²) in [6.07, 6.45) is 2.48. The first kappa shape index (κ1) is 11.8. The van der Waals surface area contributed by atoms with Crippen molar-refractivity contribution in [2.24, 2.45) is 0 Å². The number of nitriles is 1. The van der Waals surface area contributed by atoms with Crippen LogP contribution in [0, 0.1) is 11.3 Å². The van der Waals surface area contributed by atoms with Crippen molar-refractivity contribution < 1.29 is 0 Å². The lowest BCUT2D eigenvalue weighted by Crippen LogP contribution is -2.40. The van der Waals surface area contributed by atoms with Gasteiger partial charge in [0.25, 0.3) is 0 Å². The topological polar surface area (TPSA) is 35.8 Å². The molecule has 1 unspecified atom stereocenters. The summed E-state index contributed by atoms with van der Waals surface area (Å²) in [5, 5.41) is 11.8. The predicted octanol–water partition coefficient (Wildman–Crippen LogP) is 2.02. The number of unbranched alkanes of at least 4 members (excludes halogenated alkanes) is 1. The van der Waals surface area contributed by atoms with Crippen molar-refractivity contribution in [2.75, 3.05) is 18.6 Å². The number of hydrogen-bond acceptors (Lipinski definition) is 3. The Morgan fingerprint density at radius 1 is 1.58 bits per heavy atom. The molecule has 0 saturated carbocycles. The number of thioether (sulfide) groups is 1. The van der Waals surface area contributed by atoms with E-state index < -0.39 is 0 Å². The van der Waals surface area contributed by atoms with Gasteiger partial charge in [-0.1, -0.05) is 13.3 Å². The van der Waals surface area contributed by atoms with Crippen molar-refractivity contribution in [3.8, 4) is 6.07 Å². The van der Waals surface area contributed by atoms with E-state index in [2.05, 4.69) is 18.3 Å². The number of rotatable bonds is 6. The van der Waals surface area contributed by atoms with E-state index in [1.807, 2.05) is 25.7 Å². The lowest BCUT2D eigenvalue weighted by molar-refractivity contribution is 0.550. The van der Waals surface area contributed by atoms with Gasteiger partial charge in [-0.15, -0.1) is 0 Å². The number of hydrogen-bond donors (Lipinski definition) is 1. The van der Waals surface area contributed by atoms with E-state index in [0.717, 1.165) is 11.5 Å². The molecule has 0 aromatic carbocycles. The molecule has 12 heavy (non-hydrogen) atoms. The fourth-order valence-electron chi connectivity index (χ4n) is 0.683. The van der Waals surface area contributed by atoms with Gasteiger partial charge in [0.2, 0.25) is 0 Å². The van der Waals surface area contributed by atoms with E-state index in [0.29, 0.717) is 0 Å². The van der Waals surface area contributed by atoms with E-state index in [-0.39, 0.29) is 5.54 Å². The lowest BCUT2D eigenvalue weighted by Gasteiger charge is -2.19. The molecule has 1 N–H and O–H groups in total. The second kappa shape index (κ2) is 6.33. The van der Waals surface area contributed by atoms with Gasteiger partial charge in [0.15, 0.2) is 0 Å². The molecule has 0 rings (SSSR count). The number of nitrogens with zero attached hydrogens (tertiary/aromatic N) is 1. The summed E-state index contributed by atoms with van der Waals surface area (Å²) >= 11 is 1.85. The molecule has 0 radical (unpaired) electrons. The summed E-state index contributed by atoms with van der Waals surface area (Å²) in [7, 11) is 1.84. The van der Waals surface area contributed by atoms with Crippen molar-refractivity contribution in [1.82, 2.24) is 5.32 Å². The molecule has 0 aromatic rings. The zero-order valence-electron chi connectivity index (χ0n) is 8.18. The molecule has 0 bridgehead atoms. The Labute approximate surface area is 79.7 Å². The Morgan fingerprint density at radius 2 is 2.25 bits per heavy atom. The van der Waals surface area contributed by atoms with E-state index in [9.17, 15) is 0 Å². The Bertz CT molecular complexity index is 153. The molecule has 0 amide bonds. The van der Waals surface area contributed by atoms with Crippen molar-refractivity contribution >= 4 is 11.8 Å². The van der Waals surface area contributed by atoms with Gasteiger partial charge in [0.1, 0.15) is 5.54 Å². The zero-order valence-corrected chi connectivity index (χ0v) is 9.00. The van der Waals surface area contributed by atoms with Crippen molar-refractivity contribution in [3.05, 3.63) is 0 Å². The maximum Gasteiger partial charge on any atom is 0.112 e. The summed E-state index contributed by atoms with van der Waals surface area (Å²) in [4.78, 5) is 0. The van der Waals surface area contributed by atoms with Crippen molar-refractivity contribution in [1.29, 1.82) is 5.26 Å². The molecule has 70 valence electrons. The minimum absolute atomic E-state index is 0.349. The fourth-order valence-corrected chi connectivity index (χ4v) is 1.94. The minimum atomic E-state index is -0.349. The Balaban J connectivity index is 3.54. The molecule has 0 spiro atoms. The Morgan fingerprint density at radius 3 is 2.67 bits per heavy atom. The van der Waals surface area contributed by atoms with Crippen LogP contribution in [0.3, 0.4) is 0 Å². The van der Waals surface area contributed by atoms with Gasteiger partial charge in [-0.05, 0) is 26.1 Å². The summed E-state index contributed by atoms with van der Waals surface area (Å²) < 4.78 is 0. The normalized spacial score (nSPS) is 15.2. The van der Waals surface area contributed by atoms with Gasteiger partial charge in [-0.25, -0.2) is 0 Å². The summed E-state index contributed by atoms with van der Waals surface area (Å²) in [5.74, 6) is 2.04. The molecule has 2 nitrogen and oxygen atoms in total. The van der Waals surface area contributed by atoms with Gasteiger partial charge < -0.3 is 5.32 Å². The lowest BCUT2D eigenvalue weighted by atomic mass is 10.1. The highest BCUT2D eigenvalue weighted by Gasteiger charge is 2.20. The average molecular weight is 186 g/mol. The van der Waals surface area contributed by atoms with Crippen LogP contribution >= 0.6 is 11.8 Å². The third kappa shape index (κ3) is 4.63. The summed E-state index contributed by atoms with van der Waals surface area (Å²) in [6, 6.07) is 2.27. The van der Waals surface area contributed by atoms with E-state index in [1.165, 1.54) is 12.8 Å². The molecule has 0 aliphatic heterocycles. The van der Waals surface area contributed by atoms with Crippen LogP contribution in [-0.2, 0) is 0 Å². The molecule has 0 aromatic heterocycles. The highest BCUT2D eigenvalue weighted by atomic mass is 32.2. The smallest absolute Gasteiger partial charge is 0.112 e. The van der Waals surface area contributed by atoms with Gasteiger partial charge >= 0.3 is 0 Å². The molecule has 0 fully saturated rings. The van der Waals surface area contributed by atoms with Crippen LogP contribution in [0.1, 0.15) is 26.7 Å². The second-order valence-corrected chi connectivity index (χ2v) is 4.21. The highest BCUT2D eigenvalue weighted by Crippen LogP contribution is 2.13. The van der Waals surface area contributed by atoms with Crippen LogP contribution in [0.2, 0.25) is 0 Å². The van der Waals surface area contributed by atoms with Crippen LogP contribution in [-0.4, -0.2) is 24.1 Å². The van der Waals surface area contributed by atoms with Crippen molar-refractivity contribution in [2.45, 2.75) is 32.2 Å². The van der Waals surface area contributed by atoms with Crippen LogP contribution < -0.4 is 5.32 Å². The van der Waals surface area contributed by atoms with Crippen molar-refractivity contribution in [3.63, 3.8) is 0 Å². The molecular formula is C9H18N2S. The second-order valence-electron chi connectivity index (χ2n) is 3.10. The first-order valence-electron chi connectivity index (χ1n) is 4.36. The quantitative estimate of drug-likeness (QED) is 0.645. The first-order chi connectivity index (χ1) is 5.68. The van der Waals surface area contributed by atoms with Gasteiger partial charge in [-0.3, -0.25) is 0 Å². The van der Waals surface area contributed by atoms with E-state index >= 15 is 0 Å². The summed E-state index contributed by atoms with van der Waals surface area (Å²) in [6.45, 7) is 4.12. The largest absolute Gasteiger partial charge is 0.302 e. The van der Waals surface area contributed by atoms with Gasteiger partial charge in [-0.2, -0.15) is 17.0 Å². The van der Waals surface area contributed by atoms with Crippen LogP contribution in [0.15, 0.2) is 0 Å². The van der Waals surface area contributed by atoms with Crippen LogP contribution in [0.25, 0.3) is 0 Å². The average Bonchev–Trinajstić information content (AvgIpc) is 2.12. The predicted molar refractivity (Wildman–Crippen MR) is 55.3 cm³/mol. The van der Waals surface area contributed by atoms with Gasteiger partial charge in [0.05, 0.1) is 6.07 Å². The third-order valence-electron chi connectivity index (χ3n) is 1.83. The maximum absolute atomic E-state index is 8.82.